The van der Waals surface area contributed by atoms with E-state index in [1.54, 1.807) is 27.7 Å². The third kappa shape index (κ3) is 1.94. The predicted molar refractivity (Wildman–Crippen MR) is 78.2 cm³/mol. The van der Waals surface area contributed by atoms with Crippen LogP contribution in [0.15, 0.2) is 12.2 Å². The van der Waals surface area contributed by atoms with Crippen molar-refractivity contribution in [1.82, 2.24) is 14.6 Å². The standard InChI is InChI=1S/C14H20BN3O2/c1-9-7-11(17-18-8-10(2)16-12(9)18)15-19-13(3,4)14(5,6)20-15/h7-8H,1-6H3/i1D3,2D3,7D,8D. The summed E-state index contributed by atoms with van der Waals surface area (Å²) in [7, 11) is -1.15. The molecule has 0 atom stereocenters. The van der Waals surface area contributed by atoms with Crippen molar-refractivity contribution in [1.29, 1.82) is 0 Å². The number of imidazole rings is 1. The van der Waals surface area contributed by atoms with Gasteiger partial charge in [-0.2, -0.15) is 5.10 Å². The zero-order valence-electron chi connectivity index (χ0n) is 19.7. The van der Waals surface area contributed by atoms with Gasteiger partial charge in [-0.25, -0.2) is 9.50 Å². The highest BCUT2D eigenvalue weighted by Gasteiger charge is 2.52. The van der Waals surface area contributed by atoms with Crippen LogP contribution in [0.25, 0.3) is 5.65 Å². The molecule has 1 saturated heterocycles. The highest BCUT2D eigenvalue weighted by Crippen LogP contribution is 2.36. The molecular weight excluding hydrogens is 253 g/mol. The van der Waals surface area contributed by atoms with Gasteiger partial charge in [0.2, 0.25) is 0 Å². The van der Waals surface area contributed by atoms with Crippen molar-refractivity contribution in [2.75, 3.05) is 0 Å². The predicted octanol–water partition coefficient (Wildman–Crippen LogP) is 1.65. The Labute approximate surface area is 130 Å². The van der Waals surface area contributed by atoms with E-state index in [0.717, 1.165) is 4.52 Å². The Morgan fingerprint density at radius 1 is 1.25 bits per heavy atom. The van der Waals surface area contributed by atoms with Crippen molar-refractivity contribution >= 4 is 18.4 Å². The summed E-state index contributed by atoms with van der Waals surface area (Å²) in [6, 6.07) is -0.479. The molecule has 0 bridgehead atoms. The minimum atomic E-state index is -2.79. The highest BCUT2D eigenvalue weighted by molar-refractivity contribution is 6.61. The number of hydrogen-bond acceptors (Lipinski definition) is 4. The van der Waals surface area contributed by atoms with Gasteiger partial charge in [0, 0.05) is 8.22 Å². The van der Waals surface area contributed by atoms with Gasteiger partial charge in [0.1, 0.15) is 0 Å². The summed E-state index contributed by atoms with van der Waals surface area (Å²) in [4.78, 5) is 3.82. The topological polar surface area (TPSA) is 48.7 Å². The lowest BCUT2D eigenvalue weighted by molar-refractivity contribution is 0.00578. The average Bonchev–Trinajstić information content (AvgIpc) is 2.90. The number of nitrogens with zero attached hydrogens (tertiary/aromatic N) is 3. The molecule has 3 heterocycles. The van der Waals surface area contributed by atoms with Crippen LogP contribution in [0.5, 0.6) is 0 Å². The maximum absolute atomic E-state index is 8.41. The fourth-order valence-electron chi connectivity index (χ4n) is 1.94. The number of hydrogen-bond donors (Lipinski definition) is 0. The van der Waals surface area contributed by atoms with Crippen molar-refractivity contribution < 1.29 is 20.3 Å². The quantitative estimate of drug-likeness (QED) is 0.746. The Balaban J connectivity index is 2.32. The second kappa shape index (κ2) is 4.05. The molecule has 3 rings (SSSR count). The number of fused-ring (bicyclic) bond motifs is 1. The molecule has 0 spiro atoms. The summed E-state index contributed by atoms with van der Waals surface area (Å²) in [5.74, 6) is 0. The van der Waals surface area contributed by atoms with Crippen molar-refractivity contribution in [2.24, 2.45) is 0 Å². The number of aryl methyl sites for hydroxylation is 2. The minimum Gasteiger partial charge on any atom is -0.398 e. The van der Waals surface area contributed by atoms with E-state index in [4.69, 9.17) is 20.3 Å². The molecule has 5 nitrogen and oxygen atoms in total. The molecule has 20 heavy (non-hydrogen) atoms. The van der Waals surface area contributed by atoms with Crippen molar-refractivity contribution in [3.8, 4) is 0 Å². The summed E-state index contributed by atoms with van der Waals surface area (Å²) >= 11 is 0. The van der Waals surface area contributed by atoms with E-state index in [0.29, 0.717) is 0 Å². The van der Waals surface area contributed by atoms with Gasteiger partial charge in [-0.05, 0) is 53.0 Å². The van der Waals surface area contributed by atoms with Gasteiger partial charge in [-0.15, -0.1) is 0 Å². The summed E-state index contributed by atoms with van der Waals surface area (Å²) < 4.78 is 75.1. The monoisotopic (exact) mass is 281 g/mol. The van der Waals surface area contributed by atoms with Crippen LogP contribution in [0, 0.1) is 13.7 Å². The summed E-state index contributed by atoms with van der Waals surface area (Å²) in [5.41, 5.74) is -3.12. The van der Waals surface area contributed by atoms with Crippen LogP contribution in [0.3, 0.4) is 0 Å². The maximum Gasteiger partial charge on any atom is 0.516 e. The molecule has 2 aromatic rings. The van der Waals surface area contributed by atoms with Gasteiger partial charge < -0.3 is 9.31 Å². The smallest absolute Gasteiger partial charge is 0.398 e. The summed E-state index contributed by atoms with van der Waals surface area (Å²) in [6.07, 6.45) is -0.571. The molecule has 0 aromatic carbocycles. The molecule has 0 N–H and O–H groups in total. The van der Waals surface area contributed by atoms with Crippen molar-refractivity contribution in [2.45, 2.75) is 52.6 Å². The summed E-state index contributed by atoms with van der Waals surface area (Å²) in [6.45, 7) is 1.64. The minimum absolute atomic E-state index is 0.153. The Kier molecular flexibility index (Phi) is 1.43. The Morgan fingerprint density at radius 3 is 2.55 bits per heavy atom. The molecule has 0 amide bonds. The first-order valence-electron chi connectivity index (χ1n) is 10.2. The molecule has 2 aromatic heterocycles. The summed E-state index contributed by atoms with van der Waals surface area (Å²) in [5, 5.41) is 4.12. The largest absolute Gasteiger partial charge is 0.516 e. The van der Waals surface area contributed by atoms with Gasteiger partial charge in [-0.3, -0.25) is 0 Å². The van der Waals surface area contributed by atoms with Crippen LogP contribution in [0.2, 0.25) is 0 Å². The molecule has 0 aliphatic carbocycles. The van der Waals surface area contributed by atoms with E-state index in [2.05, 4.69) is 10.1 Å². The normalized spacial score (nSPS) is 27.9. The SMILES string of the molecule is [2H]c1c(B2OC(C)(C)C(C)(C)O2)nn2c([2H])c(C([2H])([2H])[2H])nc2c1C([2H])([2H])[2H]. The zero-order valence-corrected chi connectivity index (χ0v) is 11.7. The molecule has 1 aliphatic heterocycles. The Bertz CT molecular complexity index is 935. The fraction of sp³-hybridized carbons (Fsp3) is 0.571. The lowest BCUT2D eigenvalue weighted by Gasteiger charge is -2.32. The van der Waals surface area contributed by atoms with E-state index < -0.39 is 55.5 Å². The molecule has 1 aliphatic rings. The molecule has 6 heteroatoms. The van der Waals surface area contributed by atoms with Crippen molar-refractivity contribution in [3.63, 3.8) is 0 Å². The van der Waals surface area contributed by atoms with E-state index in [9.17, 15) is 0 Å². The molecule has 0 radical (unpaired) electrons. The van der Waals surface area contributed by atoms with E-state index in [1.807, 2.05) is 0 Å². The van der Waals surface area contributed by atoms with Gasteiger partial charge in [0.25, 0.3) is 0 Å². The Morgan fingerprint density at radius 2 is 1.95 bits per heavy atom. The van der Waals surface area contributed by atoms with Crippen LogP contribution in [-0.4, -0.2) is 32.9 Å². The van der Waals surface area contributed by atoms with Gasteiger partial charge in [-0.1, -0.05) is 0 Å². The van der Waals surface area contributed by atoms with Crippen LogP contribution >= 0.6 is 0 Å². The van der Waals surface area contributed by atoms with E-state index in [1.165, 1.54) is 0 Å². The molecule has 106 valence electrons. The van der Waals surface area contributed by atoms with Crippen LogP contribution in [0.4, 0.5) is 0 Å². The second-order valence-corrected chi connectivity index (χ2v) is 5.78. The fourth-order valence-corrected chi connectivity index (χ4v) is 1.94. The zero-order chi connectivity index (χ0) is 21.4. The van der Waals surface area contributed by atoms with E-state index >= 15 is 0 Å². The number of aromatic nitrogens is 3. The molecule has 0 saturated carbocycles. The molecule has 1 fully saturated rings. The van der Waals surface area contributed by atoms with Gasteiger partial charge in [0.05, 0.1) is 31.4 Å². The molecule has 0 unspecified atom stereocenters. The highest BCUT2D eigenvalue weighted by atomic mass is 16.7. The lowest BCUT2D eigenvalue weighted by Crippen LogP contribution is -2.41. The maximum atomic E-state index is 8.41. The van der Waals surface area contributed by atoms with E-state index in [-0.39, 0.29) is 11.2 Å². The Hall–Kier alpha value is -1.40. The molecular formula is C14H20BN3O2. The average molecular weight is 281 g/mol. The third-order valence-corrected chi connectivity index (χ3v) is 3.79. The van der Waals surface area contributed by atoms with Crippen LogP contribution < -0.4 is 5.59 Å². The first-order valence-corrected chi connectivity index (χ1v) is 6.24. The first kappa shape index (κ1) is 7.05. The van der Waals surface area contributed by atoms with Gasteiger partial charge in [0.15, 0.2) is 5.65 Å². The first-order chi connectivity index (χ1) is 12.5. The lowest BCUT2D eigenvalue weighted by atomic mass is 9.84. The third-order valence-electron chi connectivity index (χ3n) is 3.79. The van der Waals surface area contributed by atoms with Gasteiger partial charge >= 0.3 is 7.12 Å². The van der Waals surface area contributed by atoms with Crippen LogP contribution in [-0.2, 0) is 9.31 Å². The van der Waals surface area contributed by atoms with Crippen molar-refractivity contribution in [3.05, 3.63) is 23.5 Å². The second-order valence-electron chi connectivity index (χ2n) is 5.78. The number of rotatable bonds is 1. The van der Waals surface area contributed by atoms with Crippen LogP contribution in [0.1, 0.15) is 49.9 Å².